The fourth-order valence-corrected chi connectivity index (χ4v) is 4.37. The highest BCUT2D eigenvalue weighted by molar-refractivity contribution is 5.40. The Bertz CT molecular complexity index is 920. The van der Waals surface area contributed by atoms with Crippen LogP contribution < -0.4 is 4.74 Å². The van der Waals surface area contributed by atoms with E-state index in [4.69, 9.17) is 10.00 Å². The van der Waals surface area contributed by atoms with E-state index in [0.29, 0.717) is 18.3 Å². The van der Waals surface area contributed by atoms with E-state index in [1.54, 1.807) is 0 Å². The molecule has 1 N–H and O–H groups in total. The molecule has 1 aliphatic rings. The summed E-state index contributed by atoms with van der Waals surface area (Å²) in [6, 6.07) is 12.3. The molecule has 0 aliphatic carbocycles. The Hall–Kier alpha value is -2.62. The van der Waals surface area contributed by atoms with Crippen LogP contribution >= 0.6 is 0 Å². The maximum atomic E-state index is 13.0. The van der Waals surface area contributed by atoms with E-state index in [9.17, 15) is 9.50 Å². The first-order valence-electron chi connectivity index (χ1n) is 11.6. The summed E-state index contributed by atoms with van der Waals surface area (Å²) >= 11 is 0. The number of benzene rings is 2. The molecule has 1 atom stereocenters. The molecule has 0 radical (unpaired) electrons. The minimum Gasteiger partial charge on any atom is -0.504 e. The van der Waals surface area contributed by atoms with Crippen LogP contribution in [0.5, 0.6) is 11.5 Å². The standard InChI is InChI=1S/C26H34FN3O2/c1-3-21(22-6-7-23(19-28)20(2)17-22)5-4-10-29-11-13-30(14-12-29)15-16-32-26-9-8-24(27)18-25(26)31/h6-9,17-18,21,31H,3-5,10-16H2,1-2H3. The highest BCUT2D eigenvalue weighted by atomic mass is 19.1. The van der Waals surface area contributed by atoms with Gasteiger partial charge in [-0.3, -0.25) is 4.90 Å². The Morgan fingerprint density at radius 3 is 2.44 bits per heavy atom. The first-order valence-corrected chi connectivity index (χ1v) is 11.6. The van der Waals surface area contributed by atoms with Crippen molar-refractivity contribution in [2.75, 3.05) is 45.9 Å². The number of nitrogens with zero attached hydrogens (tertiary/aromatic N) is 3. The van der Waals surface area contributed by atoms with Crippen LogP contribution in [-0.2, 0) is 0 Å². The number of phenolic OH excluding ortho intramolecular Hbond substituents is 1. The third kappa shape index (κ3) is 6.69. The van der Waals surface area contributed by atoms with Gasteiger partial charge in [0.1, 0.15) is 12.4 Å². The van der Waals surface area contributed by atoms with Crippen molar-refractivity contribution in [2.45, 2.75) is 39.0 Å². The molecule has 1 fully saturated rings. The summed E-state index contributed by atoms with van der Waals surface area (Å²) in [5.74, 6) is 0.246. The van der Waals surface area contributed by atoms with Gasteiger partial charge in [0, 0.05) is 38.8 Å². The largest absolute Gasteiger partial charge is 0.504 e. The summed E-state index contributed by atoms with van der Waals surface area (Å²) in [4.78, 5) is 4.89. The van der Waals surface area contributed by atoms with Gasteiger partial charge in [-0.25, -0.2) is 4.39 Å². The van der Waals surface area contributed by atoms with Gasteiger partial charge in [-0.1, -0.05) is 19.1 Å². The van der Waals surface area contributed by atoms with Gasteiger partial charge in [0.25, 0.3) is 0 Å². The van der Waals surface area contributed by atoms with E-state index in [-0.39, 0.29) is 5.75 Å². The van der Waals surface area contributed by atoms with Crippen molar-refractivity contribution in [3.05, 3.63) is 58.9 Å². The minimum absolute atomic E-state index is 0.156. The van der Waals surface area contributed by atoms with Crippen molar-refractivity contribution in [1.29, 1.82) is 5.26 Å². The average molecular weight is 440 g/mol. The van der Waals surface area contributed by atoms with Gasteiger partial charge in [-0.15, -0.1) is 0 Å². The predicted molar refractivity (Wildman–Crippen MR) is 125 cm³/mol. The van der Waals surface area contributed by atoms with E-state index in [1.165, 1.54) is 24.1 Å². The van der Waals surface area contributed by atoms with Crippen molar-refractivity contribution in [3.63, 3.8) is 0 Å². The van der Waals surface area contributed by atoms with Crippen molar-refractivity contribution >= 4 is 0 Å². The molecule has 0 aromatic heterocycles. The third-order valence-electron chi connectivity index (χ3n) is 6.41. The van der Waals surface area contributed by atoms with Gasteiger partial charge in [0.2, 0.25) is 0 Å². The lowest BCUT2D eigenvalue weighted by atomic mass is 9.90. The summed E-state index contributed by atoms with van der Waals surface area (Å²) in [5, 5.41) is 18.9. The summed E-state index contributed by atoms with van der Waals surface area (Å²) in [6.07, 6.45) is 3.45. The minimum atomic E-state index is -0.469. The first kappa shape index (κ1) is 24.0. The van der Waals surface area contributed by atoms with Crippen molar-refractivity contribution < 1.29 is 14.2 Å². The molecular formula is C26H34FN3O2. The molecule has 172 valence electrons. The molecule has 5 nitrogen and oxygen atoms in total. The lowest BCUT2D eigenvalue weighted by molar-refractivity contribution is 0.114. The predicted octanol–water partition coefficient (Wildman–Crippen LogP) is 4.68. The molecular weight excluding hydrogens is 405 g/mol. The highest BCUT2D eigenvalue weighted by Crippen LogP contribution is 2.27. The molecule has 6 heteroatoms. The van der Waals surface area contributed by atoms with Gasteiger partial charge in [-0.05, 0) is 68.0 Å². The number of phenols is 1. The van der Waals surface area contributed by atoms with Crippen LogP contribution in [0.15, 0.2) is 36.4 Å². The van der Waals surface area contributed by atoms with Crippen LogP contribution in [0.25, 0.3) is 0 Å². The molecule has 2 aromatic carbocycles. The molecule has 0 amide bonds. The Morgan fingerprint density at radius 1 is 1.09 bits per heavy atom. The van der Waals surface area contributed by atoms with Gasteiger partial charge in [-0.2, -0.15) is 5.26 Å². The summed E-state index contributed by atoms with van der Waals surface area (Å²) in [6.45, 7) is 10.7. The van der Waals surface area contributed by atoms with Crippen LogP contribution in [-0.4, -0.2) is 60.8 Å². The Labute approximate surface area is 191 Å². The highest BCUT2D eigenvalue weighted by Gasteiger charge is 2.18. The summed E-state index contributed by atoms with van der Waals surface area (Å²) in [7, 11) is 0. The zero-order valence-electron chi connectivity index (χ0n) is 19.2. The van der Waals surface area contributed by atoms with Gasteiger partial charge >= 0.3 is 0 Å². The lowest BCUT2D eigenvalue weighted by Crippen LogP contribution is -2.47. The summed E-state index contributed by atoms with van der Waals surface area (Å²) in [5.41, 5.74) is 3.18. The number of hydrogen-bond acceptors (Lipinski definition) is 5. The van der Waals surface area contributed by atoms with Crippen LogP contribution in [0.1, 0.15) is 48.8 Å². The third-order valence-corrected chi connectivity index (χ3v) is 6.41. The van der Waals surface area contributed by atoms with Crippen LogP contribution in [0.4, 0.5) is 4.39 Å². The van der Waals surface area contributed by atoms with Crippen LogP contribution in [0.3, 0.4) is 0 Å². The maximum absolute atomic E-state index is 13.0. The zero-order chi connectivity index (χ0) is 22.9. The molecule has 2 aromatic rings. The second-order valence-corrected chi connectivity index (χ2v) is 8.58. The Morgan fingerprint density at radius 2 is 1.81 bits per heavy atom. The van der Waals surface area contributed by atoms with Crippen LogP contribution in [0, 0.1) is 24.1 Å². The van der Waals surface area contributed by atoms with E-state index in [0.717, 1.165) is 69.3 Å². The molecule has 1 saturated heterocycles. The van der Waals surface area contributed by atoms with Crippen molar-refractivity contribution in [2.24, 2.45) is 0 Å². The second-order valence-electron chi connectivity index (χ2n) is 8.58. The topological polar surface area (TPSA) is 59.7 Å². The fraction of sp³-hybridized carbons (Fsp3) is 0.500. The second kappa shape index (κ2) is 11.8. The molecule has 1 heterocycles. The molecule has 0 bridgehead atoms. The summed E-state index contributed by atoms with van der Waals surface area (Å²) < 4.78 is 18.6. The fourth-order valence-electron chi connectivity index (χ4n) is 4.37. The first-order chi connectivity index (χ1) is 15.5. The SMILES string of the molecule is CCC(CCCN1CCN(CCOc2ccc(F)cc2O)CC1)c1ccc(C#N)c(C)c1. The molecule has 0 spiro atoms. The van der Waals surface area contributed by atoms with Crippen molar-refractivity contribution in [1.82, 2.24) is 9.80 Å². The van der Waals surface area contributed by atoms with E-state index < -0.39 is 5.82 Å². The average Bonchev–Trinajstić information content (AvgIpc) is 2.79. The lowest BCUT2D eigenvalue weighted by Gasteiger charge is -2.34. The normalized spacial score (nSPS) is 15.9. The maximum Gasteiger partial charge on any atom is 0.161 e. The number of hydrogen-bond donors (Lipinski definition) is 1. The molecule has 32 heavy (non-hydrogen) atoms. The van der Waals surface area contributed by atoms with Gasteiger partial charge in [0.15, 0.2) is 11.5 Å². The molecule has 3 rings (SSSR count). The van der Waals surface area contributed by atoms with Gasteiger partial charge < -0.3 is 14.7 Å². The number of aromatic hydroxyl groups is 1. The number of aryl methyl sites for hydroxylation is 1. The molecule has 1 aliphatic heterocycles. The van der Waals surface area contributed by atoms with Gasteiger partial charge in [0.05, 0.1) is 11.6 Å². The smallest absolute Gasteiger partial charge is 0.161 e. The van der Waals surface area contributed by atoms with Crippen LogP contribution in [0.2, 0.25) is 0 Å². The molecule has 0 saturated carbocycles. The number of nitriles is 1. The molecule has 1 unspecified atom stereocenters. The number of halogens is 1. The van der Waals surface area contributed by atoms with E-state index >= 15 is 0 Å². The number of piperazine rings is 1. The van der Waals surface area contributed by atoms with E-state index in [2.05, 4.69) is 34.9 Å². The van der Waals surface area contributed by atoms with E-state index in [1.807, 2.05) is 13.0 Å². The quantitative estimate of drug-likeness (QED) is 0.582. The number of ether oxygens (including phenoxy) is 1. The Balaban J connectivity index is 1.35. The zero-order valence-corrected chi connectivity index (χ0v) is 19.2. The monoisotopic (exact) mass is 439 g/mol. The van der Waals surface area contributed by atoms with Crippen molar-refractivity contribution in [3.8, 4) is 17.6 Å². The Kier molecular flexibility index (Phi) is 8.90. The number of rotatable bonds is 10.